The third-order valence-corrected chi connectivity index (χ3v) is 3.85. The van der Waals surface area contributed by atoms with Gasteiger partial charge in [-0.25, -0.2) is 4.98 Å². The number of carbonyl (C=O) groups is 1. The van der Waals surface area contributed by atoms with Gasteiger partial charge in [0, 0.05) is 25.5 Å². The summed E-state index contributed by atoms with van der Waals surface area (Å²) in [6.45, 7) is 0.765. The van der Waals surface area contributed by atoms with Crippen LogP contribution in [0.3, 0.4) is 0 Å². The fraction of sp³-hybridized carbons (Fsp3) is 0.158. The molecule has 1 N–H and O–H groups in total. The number of halogens is 3. The molecule has 0 aliphatic heterocycles. The van der Waals surface area contributed by atoms with E-state index in [-0.39, 0.29) is 12.1 Å². The molecule has 0 atom stereocenters. The van der Waals surface area contributed by atoms with Gasteiger partial charge in [-0.15, -0.1) is 0 Å². The fourth-order valence-electron chi connectivity index (χ4n) is 2.63. The minimum Gasteiger partial charge on any atom is -0.348 e. The molecule has 0 radical (unpaired) electrons. The predicted octanol–water partition coefficient (Wildman–Crippen LogP) is 3.88. The molecule has 0 aliphatic carbocycles. The van der Waals surface area contributed by atoms with Crippen molar-refractivity contribution < 1.29 is 18.0 Å². The van der Waals surface area contributed by atoms with Gasteiger partial charge in [0.2, 0.25) is 0 Å². The maximum Gasteiger partial charge on any atom is 0.417 e. The number of aromatic nitrogens is 2. The first kappa shape index (κ1) is 17.7. The highest BCUT2D eigenvalue weighted by Gasteiger charge is 2.34. The highest BCUT2D eigenvalue weighted by molar-refractivity contribution is 5.95. The number of imidazole rings is 1. The van der Waals surface area contributed by atoms with Gasteiger partial charge in [0.1, 0.15) is 0 Å². The minimum atomic E-state index is -4.57. The number of carbonyl (C=O) groups excluding carboxylic acids is 1. The van der Waals surface area contributed by atoms with Crippen LogP contribution in [0.4, 0.5) is 13.2 Å². The van der Waals surface area contributed by atoms with Crippen molar-refractivity contribution in [3.05, 3.63) is 89.5 Å². The maximum absolute atomic E-state index is 13.0. The van der Waals surface area contributed by atoms with Gasteiger partial charge < -0.3 is 9.88 Å². The highest BCUT2D eigenvalue weighted by Crippen LogP contribution is 2.31. The molecule has 0 bridgehead atoms. The maximum atomic E-state index is 13.0. The summed E-state index contributed by atoms with van der Waals surface area (Å²) in [5.41, 5.74) is 0.492. The van der Waals surface area contributed by atoms with E-state index in [9.17, 15) is 18.0 Å². The molecule has 7 heteroatoms. The van der Waals surface area contributed by atoms with Crippen molar-refractivity contribution in [2.45, 2.75) is 19.3 Å². The Morgan fingerprint density at radius 3 is 2.58 bits per heavy atom. The summed E-state index contributed by atoms with van der Waals surface area (Å²) >= 11 is 0. The molecule has 0 spiro atoms. The van der Waals surface area contributed by atoms with E-state index < -0.39 is 17.6 Å². The second kappa shape index (κ2) is 7.43. The molecule has 0 saturated heterocycles. The van der Waals surface area contributed by atoms with Crippen LogP contribution in [-0.2, 0) is 19.3 Å². The van der Waals surface area contributed by atoms with Crippen LogP contribution in [0.15, 0.2) is 67.3 Å². The van der Waals surface area contributed by atoms with E-state index in [1.165, 1.54) is 18.2 Å². The normalized spacial score (nSPS) is 11.3. The van der Waals surface area contributed by atoms with Crippen molar-refractivity contribution in [1.82, 2.24) is 14.9 Å². The Labute approximate surface area is 148 Å². The molecule has 0 aliphatic rings. The zero-order valence-electron chi connectivity index (χ0n) is 13.7. The molecule has 0 saturated carbocycles. The summed E-state index contributed by atoms with van der Waals surface area (Å²) in [7, 11) is 0. The number of rotatable bonds is 5. The number of nitrogens with one attached hydrogen (secondary N) is 1. The topological polar surface area (TPSA) is 46.9 Å². The van der Waals surface area contributed by atoms with Gasteiger partial charge in [-0.1, -0.05) is 36.4 Å². The molecule has 0 fully saturated rings. The number of alkyl halides is 3. The molecule has 26 heavy (non-hydrogen) atoms. The number of hydrogen-bond acceptors (Lipinski definition) is 2. The summed E-state index contributed by atoms with van der Waals surface area (Å²) in [5, 5.41) is 2.56. The lowest BCUT2D eigenvalue weighted by molar-refractivity contribution is -0.137. The molecule has 3 rings (SSSR count). The van der Waals surface area contributed by atoms with Crippen molar-refractivity contribution in [1.29, 1.82) is 0 Å². The van der Waals surface area contributed by atoms with E-state index in [1.54, 1.807) is 12.5 Å². The van der Waals surface area contributed by atoms with Crippen LogP contribution in [0.1, 0.15) is 27.0 Å². The van der Waals surface area contributed by atoms with E-state index >= 15 is 0 Å². The number of nitrogens with zero attached hydrogens (tertiary/aromatic N) is 2. The Balaban J connectivity index is 1.69. The second-order valence-corrected chi connectivity index (χ2v) is 5.78. The van der Waals surface area contributed by atoms with E-state index in [2.05, 4.69) is 10.3 Å². The first-order chi connectivity index (χ1) is 12.4. The average Bonchev–Trinajstić information content (AvgIpc) is 3.12. The predicted molar refractivity (Wildman–Crippen MR) is 90.4 cm³/mol. The van der Waals surface area contributed by atoms with Crippen LogP contribution in [0.5, 0.6) is 0 Å². The third kappa shape index (κ3) is 4.30. The Kier molecular flexibility index (Phi) is 5.06. The van der Waals surface area contributed by atoms with Gasteiger partial charge in [0.15, 0.2) is 0 Å². The van der Waals surface area contributed by atoms with Crippen LogP contribution >= 0.6 is 0 Å². The van der Waals surface area contributed by atoms with Crippen molar-refractivity contribution in [3.8, 4) is 0 Å². The quantitative estimate of drug-likeness (QED) is 0.752. The Morgan fingerprint density at radius 2 is 1.85 bits per heavy atom. The SMILES string of the molecule is O=C(NCc1cccc(Cn2ccnc2)c1)c1ccccc1C(F)(F)F. The van der Waals surface area contributed by atoms with Gasteiger partial charge in [0.25, 0.3) is 5.91 Å². The first-order valence-electron chi connectivity index (χ1n) is 7.91. The Bertz CT molecular complexity index is 889. The summed E-state index contributed by atoms with van der Waals surface area (Å²) in [5.74, 6) is -0.752. The molecule has 1 amide bonds. The summed E-state index contributed by atoms with van der Waals surface area (Å²) in [6.07, 6.45) is 0.645. The van der Waals surface area contributed by atoms with E-state index in [1.807, 2.05) is 35.0 Å². The van der Waals surface area contributed by atoms with E-state index in [0.717, 1.165) is 17.2 Å². The lowest BCUT2D eigenvalue weighted by Crippen LogP contribution is -2.25. The highest BCUT2D eigenvalue weighted by atomic mass is 19.4. The molecular weight excluding hydrogens is 343 g/mol. The zero-order valence-corrected chi connectivity index (χ0v) is 13.7. The monoisotopic (exact) mass is 359 g/mol. The molecule has 2 aromatic carbocycles. The molecule has 3 aromatic rings. The van der Waals surface area contributed by atoms with Gasteiger partial charge >= 0.3 is 6.18 Å². The molecule has 1 heterocycles. The molecular formula is C19H16F3N3O. The van der Waals surface area contributed by atoms with Crippen LogP contribution in [0, 0.1) is 0 Å². The Hall–Kier alpha value is -3.09. The number of hydrogen-bond donors (Lipinski definition) is 1. The van der Waals surface area contributed by atoms with Crippen LogP contribution in [-0.4, -0.2) is 15.5 Å². The van der Waals surface area contributed by atoms with E-state index in [4.69, 9.17) is 0 Å². The average molecular weight is 359 g/mol. The second-order valence-electron chi connectivity index (χ2n) is 5.78. The summed E-state index contributed by atoms with van der Waals surface area (Å²) in [6, 6.07) is 12.2. The minimum absolute atomic E-state index is 0.142. The van der Waals surface area contributed by atoms with Crippen LogP contribution in [0.2, 0.25) is 0 Å². The molecule has 0 unspecified atom stereocenters. The lowest BCUT2D eigenvalue weighted by Gasteiger charge is -2.13. The number of benzene rings is 2. The van der Waals surface area contributed by atoms with Gasteiger partial charge in [-0.05, 0) is 23.3 Å². The Morgan fingerprint density at radius 1 is 1.08 bits per heavy atom. The lowest BCUT2D eigenvalue weighted by atomic mass is 10.1. The molecule has 4 nitrogen and oxygen atoms in total. The van der Waals surface area contributed by atoms with Crippen molar-refractivity contribution in [2.75, 3.05) is 0 Å². The van der Waals surface area contributed by atoms with Crippen LogP contribution in [0.25, 0.3) is 0 Å². The van der Waals surface area contributed by atoms with E-state index in [0.29, 0.717) is 6.54 Å². The summed E-state index contributed by atoms with van der Waals surface area (Å²) < 4.78 is 41.0. The van der Waals surface area contributed by atoms with Gasteiger partial charge in [-0.3, -0.25) is 4.79 Å². The molecule has 1 aromatic heterocycles. The summed E-state index contributed by atoms with van der Waals surface area (Å²) in [4.78, 5) is 16.2. The van der Waals surface area contributed by atoms with Gasteiger partial charge in [-0.2, -0.15) is 13.2 Å². The fourth-order valence-corrected chi connectivity index (χ4v) is 2.63. The third-order valence-electron chi connectivity index (χ3n) is 3.85. The van der Waals surface area contributed by atoms with Crippen LogP contribution < -0.4 is 5.32 Å². The number of amides is 1. The van der Waals surface area contributed by atoms with Crippen molar-refractivity contribution in [3.63, 3.8) is 0 Å². The standard InChI is InChI=1S/C19H16F3N3O/c20-19(21,22)17-7-2-1-6-16(17)18(26)24-11-14-4-3-5-15(10-14)12-25-9-8-23-13-25/h1-10,13H,11-12H2,(H,24,26). The largest absolute Gasteiger partial charge is 0.417 e. The smallest absolute Gasteiger partial charge is 0.348 e. The van der Waals surface area contributed by atoms with Crippen molar-refractivity contribution in [2.24, 2.45) is 0 Å². The van der Waals surface area contributed by atoms with Crippen molar-refractivity contribution >= 4 is 5.91 Å². The zero-order chi connectivity index (χ0) is 18.6. The first-order valence-corrected chi connectivity index (χ1v) is 7.91. The van der Waals surface area contributed by atoms with Gasteiger partial charge in [0.05, 0.1) is 17.5 Å². The molecule has 134 valence electrons.